The summed E-state index contributed by atoms with van der Waals surface area (Å²) in [4.78, 5) is 17.0. The second-order valence-corrected chi connectivity index (χ2v) is 7.27. The highest BCUT2D eigenvalue weighted by Gasteiger charge is 2.18. The Morgan fingerprint density at radius 1 is 1.22 bits per heavy atom. The third-order valence-electron chi connectivity index (χ3n) is 4.12. The number of hydrogen-bond acceptors (Lipinski definition) is 5. The summed E-state index contributed by atoms with van der Waals surface area (Å²) in [5.41, 5.74) is 2.89. The standard InChI is InChI=1S/C20H22N4O2S/c1-4-14-9-11-15(12-10-14)18-22-20(24-23-18)27-13(2)19(25)21-16-7-5-6-8-17(16)26-3/h5-13H,4H2,1-3H3,(H,21,25)(H,22,23,24)/t13-/m0/s1. The van der Waals surface area contributed by atoms with Gasteiger partial charge in [0.05, 0.1) is 18.0 Å². The van der Waals surface area contributed by atoms with Crippen LogP contribution in [-0.2, 0) is 11.2 Å². The molecule has 2 aromatic carbocycles. The highest BCUT2D eigenvalue weighted by Crippen LogP contribution is 2.26. The monoisotopic (exact) mass is 382 g/mol. The van der Waals surface area contributed by atoms with Crippen LogP contribution in [0, 0.1) is 0 Å². The van der Waals surface area contributed by atoms with E-state index in [4.69, 9.17) is 4.74 Å². The molecule has 1 atom stereocenters. The number of rotatable bonds is 7. The average Bonchev–Trinajstić information content (AvgIpc) is 3.16. The molecule has 0 aliphatic rings. The number of hydrogen-bond donors (Lipinski definition) is 2. The Kier molecular flexibility index (Phi) is 6.13. The van der Waals surface area contributed by atoms with E-state index in [9.17, 15) is 4.79 Å². The van der Waals surface area contributed by atoms with Crippen LogP contribution in [0.3, 0.4) is 0 Å². The van der Waals surface area contributed by atoms with Crippen molar-refractivity contribution in [2.75, 3.05) is 12.4 Å². The smallest absolute Gasteiger partial charge is 0.237 e. The number of para-hydroxylation sites is 2. The molecule has 0 unspecified atom stereocenters. The topological polar surface area (TPSA) is 79.9 Å². The number of aromatic amines is 1. The molecule has 140 valence electrons. The minimum absolute atomic E-state index is 0.136. The lowest BCUT2D eigenvalue weighted by Gasteiger charge is -2.12. The number of nitrogens with zero attached hydrogens (tertiary/aromatic N) is 2. The molecule has 7 heteroatoms. The van der Waals surface area contributed by atoms with Crippen molar-refractivity contribution in [3.63, 3.8) is 0 Å². The van der Waals surface area contributed by atoms with Crippen LogP contribution in [0.5, 0.6) is 5.75 Å². The second-order valence-electron chi connectivity index (χ2n) is 5.97. The number of H-pyrrole nitrogens is 1. The molecule has 3 aromatic rings. The summed E-state index contributed by atoms with van der Waals surface area (Å²) in [5, 5.41) is 10.2. The number of benzene rings is 2. The molecule has 0 fully saturated rings. The lowest BCUT2D eigenvalue weighted by Crippen LogP contribution is -2.22. The summed E-state index contributed by atoms with van der Waals surface area (Å²) in [6.45, 7) is 3.94. The van der Waals surface area contributed by atoms with Crippen molar-refractivity contribution in [1.82, 2.24) is 15.2 Å². The molecule has 0 aliphatic carbocycles. The number of ether oxygens (including phenoxy) is 1. The number of carbonyl (C=O) groups is 1. The van der Waals surface area contributed by atoms with Gasteiger partial charge in [0.2, 0.25) is 11.1 Å². The minimum Gasteiger partial charge on any atom is -0.495 e. The van der Waals surface area contributed by atoms with E-state index < -0.39 is 0 Å². The van der Waals surface area contributed by atoms with E-state index in [-0.39, 0.29) is 11.2 Å². The average molecular weight is 382 g/mol. The third-order valence-corrected chi connectivity index (χ3v) is 5.08. The number of amides is 1. The van der Waals surface area contributed by atoms with Crippen LogP contribution >= 0.6 is 11.8 Å². The molecule has 6 nitrogen and oxygen atoms in total. The predicted molar refractivity (Wildman–Crippen MR) is 108 cm³/mol. The fourth-order valence-electron chi connectivity index (χ4n) is 2.52. The third kappa shape index (κ3) is 4.68. The van der Waals surface area contributed by atoms with Crippen molar-refractivity contribution in [3.8, 4) is 17.1 Å². The fourth-order valence-corrected chi connectivity index (χ4v) is 3.24. The van der Waals surface area contributed by atoms with Crippen molar-refractivity contribution >= 4 is 23.4 Å². The highest BCUT2D eigenvalue weighted by molar-refractivity contribution is 8.00. The zero-order chi connectivity index (χ0) is 19.2. The molecule has 1 amide bonds. The number of methoxy groups -OCH3 is 1. The van der Waals surface area contributed by atoms with Crippen molar-refractivity contribution in [3.05, 3.63) is 54.1 Å². The number of aromatic nitrogens is 3. The molecule has 3 rings (SSSR count). The van der Waals surface area contributed by atoms with Gasteiger partial charge in [-0.3, -0.25) is 9.89 Å². The molecule has 0 aliphatic heterocycles. The van der Waals surface area contributed by atoms with Crippen molar-refractivity contribution < 1.29 is 9.53 Å². The van der Waals surface area contributed by atoms with E-state index in [0.29, 0.717) is 22.4 Å². The van der Waals surface area contributed by atoms with E-state index in [0.717, 1.165) is 12.0 Å². The number of carbonyl (C=O) groups excluding carboxylic acids is 1. The maximum atomic E-state index is 12.5. The molecule has 0 saturated heterocycles. The quantitative estimate of drug-likeness (QED) is 0.600. The predicted octanol–water partition coefficient (Wildman–Crippen LogP) is 4.16. The number of thioether (sulfide) groups is 1. The largest absolute Gasteiger partial charge is 0.495 e. The molecule has 0 radical (unpaired) electrons. The fraction of sp³-hybridized carbons (Fsp3) is 0.250. The van der Waals surface area contributed by atoms with Gasteiger partial charge in [0.15, 0.2) is 5.82 Å². The van der Waals surface area contributed by atoms with Crippen LogP contribution in [0.4, 0.5) is 5.69 Å². The first-order valence-corrected chi connectivity index (χ1v) is 9.61. The molecule has 2 N–H and O–H groups in total. The molecule has 0 saturated carbocycles. The lowest BCUT2D eigenvalue weighted by molar-refractivity contribution is -0.115. The van der Waals surface area contributed by atoms with Gasteiger partial charge in [-0.1, -0.05) is 55.1 Å². The summed E-state index contributed by atoms with van der Waals surface area (Å²) in [5.74, 6) is 1.18. The van der Waals surface area contributed by atoms with E-state index >= 15 is 0 Å². The first-order chi connectivity index (χ1) is 13.1. The number of aryl methyl sites for hydroxylation is 1. The van der Waals surface area contributed by atoms with Gasteiger partial charge >= 0.3 is 0 Å². The van der Waals surface area contributed by atoms with Gasteiger partial charge in [0.1, 0.15) is 5.75 Å². The zero-order valence-electron chi connectivity index (χ0n) is 15.5. The highest BCUT2D eigenvalue weighted by atomic mass is 32.2. The van der Waals surface area contributed by atoms with Crippen LogP contribution in [0.25, 0.3) is 11.4 Å². The SMILES string of the molecule is CCc1ccc(-c2nc(S[C@@H](C)C(=O)Nc3ccccc3OC)n[nH]2)cc1. The maximum Gasteiger partial charge on any atom is 0.237 e. The minimum atomic E-state index is -0.360. The second kappa shape index (κ2) is 8.73. The van der Waals surface area contributed by atoms with Crippen LogP contribution in [0.2, 0.25) is 0 Å². The first kappa shape index (κ1) is 19.0. The van der Waals surface area contributed by atoms with Gasteiger partial charge in [-0.05, 0) is 31.0 Å². The summed E-state index contributed by atoms with van der Waals surface area (Å²) in [6.07, 6.45) is 0.997. The van der Waals surface area contributed by atoms with E-state index in [1.807, 2.05) is 31.2 Å². The van der Waals surface area contributed by atoms with Crippen LogP contribution in [-0.4, -0.2) is 33.4 Å². The summed E-state index contributed by atoms with van der Waals surface area (Å²) in [6, 6.07) is 15.5. The Bertz CT molecular complexity index is 908. The first-order valence-electron chi connectivity index (χ1n) is 8.73. The van der Waals surface area contributed by atoms with Gasteiger partial charge in [-0.2, -0.15) is 0 Å². The summed E-state index contributed by atoms with van der Waals surface area (Å²) in [7, 11) is 1.57. The van der Waals surface area contributed by atoms with Crippen molar-refractivity contribution in [2.45, 2.75) is 30.7 Å². The molecule has 0 bridgehead atoms. The van der Waals surface area contributed by atoms with Crippen LogP contribution in [0.1, 0.15) is 19.4 Å². The molecule has 1 aromatic heterocycles. The molecule has 0 spiro atoms. The molecule has 1 heterocycles. The molecular weight excluding hydrogens is 360 g/mol. The van der Waals surface area contributed by atoms with E-state index in [2.05, 4.69) is 39.6 Å². The molecule has 27 heavy (non-hydrogen) atoms. The number of nitrogens with one attached hydrogen (secondary N) is 2. The number of anilines is 1. The Balaban J connectivity index is 1.64. The van der Waals surface area contributed by atoms with E-state index in [1.165, 1.54) is 17.3 Å². The van der Waals surface area contributed by atoms with Gasteiger partial charge < -0.3 is 10.1 Å². The Morgan fingerprint density at radius 2 is 1.96 bits per heavy atom. The van der Waals surface area contributed by atoms with Crippen molar-refractivity contribution in [2.24, 2.45) is 0 Å². The van der Waals surface area contributed by atoms with Gasteiger partial charge in [0, 0.05) is 5.56 Å². The zero-order valence-corrected chi connectivity index (χ0v) is 16.3. The van der Waals surface area contributed by atoms with E-state index in [1.54, 1.807) is 19.2 Å². The van der Waals surface area contributed by atoms with Crippen LogP contribution < -0.4 is 10.1 Å². The summed E-state index contributed by atoms with van der Waals surface area (Å²) < 4.78 is 5.26. The normalized spacial score (nSPS) is 11.8. The Morgan fingerprint density at radius 3 is 2.67 bits per heavy atom. The van der Waals surface area contributed by atoms with Crippen molar-refractivity contribution in [1.29, 1.82) is 0 Å². The van der Waals surface area contributed by atoms with Gasteiger partial charge in [-0.15, -0.1) is 5.10 Å². The Hall–Kier alpha value is -2.80. The Labute approximate surface area is 162 Å². The van der Waals surface area contributed by atoms with Gasteiger partial charge in [0.25, 0.3) is 0 Å². The maximum absolute atomic E-state index is 12.5. The summed E-state index contributed by atoms with van der Waals surface area (Å²) >= 11 is 1.30. The lowest BCUT2D eigenvalue weighted by atomic mass is 10.1. The van der Waals surface area contributed by atoms with Crippen LogP contribution in [0.15, 0.2) is 53.7 Å². The molecular formula is C20H22N4O2S. The van der Waals surface area contributed by atoms with Gasteiger partial charge in [-0.25, -0.2) is 4.98 Å².